The number of nitrogens with one attached hydrogen (secondary N) is 1. The quantitative estimate of drug-likeness (QED) is 0.828. The van der Waals surface area contributed by atoms with Crippen molar-refractivity contribution in [3.8, 4) is 0 Å². The molecule has 4 nitrogen and oxygen atoms in total. The zero-order valence-electron chi connectivity index (χ0n) is 11.7. The number of carbonyl (C=O) groups excluding carboxylic acids is 1. The van der Waals surface area contributed by atoms with Crippen LogP contribution >= 0.6 is 0 Å². The third kappa shape index (κ3) is 4.39. The van der Waals surface area contributed by atoms with Crippen LogP contribution in [0.15, 0.2) is 24.3 Å². The van der Waals surface area contributed by atoms with Gasteiger partial charge in [0.1, 0.15) is 0 Å². The summed E-state index contributed by atoms with van der Waals surface area (Å²) < 4.78 is 0. The smallest absolute Gasteiger partial charge is 0.310 e. The van der Waals surface area contributed by atoms with Crippen molar-refractivity contribution in [2.75, 3.05) is 6.54 Å². The second-order valence-corrected chi connectivity index (χ2v) is 5.32. The van der Waals surface area contributed by atoms with Crippen molar-refractivity contribution in [1.82, 2.24) is 5.32 Å². The van der Waals surface area contributed by atoms with Crippen molar-refractivity contribution < 1.29 is 14.7 Å². The fourth-order valence-corrected chi connectivity index (χ4v) is 1.59. The lowest BCUT2D eigenvalue weighted by molar-refractivity contribution is -0.146. The standard InChI is InChI=1S/C15H21NO3/c1-4-5-11-6-8-12(9-7-11)13(17)16-10-15(2,3)14(18)19/h6-9H,4-5,10H2,1-3H3,(H,16,17)(H,18,19). The Labute approximate surface area is 113 Å². The number of benzene rings is 1. The van der Waals surface area contributed by atoms with Crippen LogP contribution in [0.5, 0.6) is 0 Å². The number of hydrogen-bond acceptors (Lipinski definition) is 2. The topological polar surface area (TPSA) is 66.4 Å². The monoisotopic (exact) mass is 263 g/mol. The average molecular weight is 263 g/mol. The molecule has 0 saturated carbocycles. The summed E-state index contributed by atoms with van der Waals surface area (Å²) in [6.45, 7) is 5.38. The number of rotatable bonds is 6. The van der Waals surface area contributed by atoms with Crippen LogP contribution in [-0.2, 0) is 11.2 Å². The van der Waals surface area contributed by atoms with E-state index in [0.717, 1.165) is 12.8 Å². The molecule has 4 heteroatoms. The molecule has 1 amide bonds. The van der Waals surface area contributed by atoms with Crippen molar-refractivity contribution in [2.24, 2.45) is 5.41 Å². The predicted octanol–water partition coefficient (Wildman–Crippen LogP) is 2.48. The van der Waals surface area contributed by atoms with Crippen LogP contribution in [0.3, 0.4) is 0 Å². The minimum Gasteiger partial charge on any atom is -0.481 e. The first-order chi connectivity index (χ1) is 8.86. The van der Waals surface area contributed by atoms with E-state index < -0.39 is 11.4 Å². The Morgan fingerprint density at radius 2 is 1.79 bits per heavy atom. The summed E-state index contributed by atoms with van der Waals surface area (Å²) in [4.78, 5) is 22.8. The highest BCUT2D eigenvalue weighted by molar-refractivity contribution is 5.94. The molecule has 104 valence electrons. The molecule has 0 bridgehead atoms. The zero-order chi connectivity index (χ0) is 14.5. The average Bonchev–Trinajstić information content (AvgIpc) is 2.37. The Morgan fingerprint density at radius 3 is 2.26 bits per heavy atom. The summed E-state index contributed by atoms with van der Waals surface area (Å²) >= 11 is 0. The molecule has 19 heavy (non-hydrogen) atoms. The van der Waals surface area contributed by atoms with Gasteiger partial charge in [-0.05, 0) is 38.0 Å². The highest BCUT2D eigenvalue weighted by atomic mass is 16.4. The number of hydrogen-bond donors (Lipinski definition) is 2. The van der Waals surface area contributed by atoms with E-state index in [-0.39, 0.29) is 12.5 Å². The van der Waals surface area contributed by atoms with Crippen LogP contribution in [-0.4, -0.2) is 23.5 Å². The molecule has 0 fully saturated rings. The van der Waals surface area contributed by atoms with E-state index in [2.05, 4.69) is 12.2 Å². The predicted molar refractivity (Wildman–Crippen MR) is 74.2 cm³/mol. The van der Waals surface area contributed by atoms with Crippen molar-refractivity contribution in [3.63, 3.8) is 0 Å². The van der Waals surface area contributed by atoms with Crippen LogP contribution in [0.2, 0.25) is 0 Å². The summed E-state index contributed by atoms with van der Waals surface area (Å²) in [6.07, 6.45) is 2.06. The highest BCUT2D eigenvalue weighted by Crippen LogP contribution is 2.14. The largest absolute Gasteiger partial charge is 0.481 e. The number of carbonyl (C=O) groups is 2. The van der Waals surface area contributed by atoms with E-state index in [1.165, 1.54) is 5.56 Å². The molecule has 0 spiro atoms. The molecule has 1 aromatic carbocycles. The van der Waals surface area contributed by atoms with Crippen molar-refractivity contribution >= 4 is 11.9 Å². The van der Waals surface area contributed by atoms with Crippen molar-refractivity contribution in [3.05, 3.63) is 35.4 Å². The molecule has 1 rings (SSSR count). The van der Waals surface area contributed by atoms with Crippen LogP contribution in [0.1, 0.15) is 43.1 Å². The molecular weight excluding hydrogens is 242 g/mol. The molecule has 0 aromatic heterocycles. The van der Waals surface area contributed by atoms with E-state index in [9.17, 15) is 9.59 Å². The Kier molecular flexibility index (Phi) is 5.10. The molecule has 0 unspecified atom stereocenters. The van der Waals surface area contributed by atoms with Crippen molar-refractivity contribution in [1.29, 1.82) is 0 Å². The summed E-state index contributed by atoms with van der Waals surface area (Å²) in [7, 11) is 0. The van der Waals surface area contributed by atoms with E-state index in [0.29, 0.717) is 5.56 Å². The van der Waals surface area contributed by atoms with E-state index >= 15 is 0 Å². The minimum atomic E-state index is -0.961. The molecule has 0 saturated heterocycles. The maximum absolute atomic E-state index is 11.9. The summed E-state index contributed by atoms with van der Waals surface area (Å²) in [5.74, 6) is -1.16. The van der Waals surface area contributed by atoms with Gasteiger partial charge >= 0.3 is 5.97 Å². The van der Waals surface area contributed by atoms with Crippen LogP contribution in [0.25, 0.3) is 0 Å². The van der Waals surface area contributed by atoms with Gasteiger partial charge < -0.3 is 10.4 Å². The van der Waals surface area contributed by atoms with Gasteiger partial charge in [0.15, 0.2) is 0 Å². The minimum absolute atomic E-state index is 0.109. The van der Waals surface area contributed by atoms with Gasteiger partial charge in [-0.3, -0.25) is 9.59 Å². The Hall–Kier alpha value is -1.84. The molecule has 0 heterocycles. The van der Waals surface area contributed by atoms with Crippen LogP contribution in [0.4, 0.5) is 0 Å². The van der Waals surface area contributed by atoms with E-state index in [4.69, 9.17) is 5.11 Å². The molecule has 1 aromatic rings. The third-order valence-corrected chi connectivity index (χ3v) is 3.02. The second kappa shape index (κ2) is 6.36. The normalized spacial score (nSPS) is 11.1. The lowest BCUT2D eigenvalue weighted by Gasteiger charge is -2.19. The van der Waals surface area contributed by atoms with Gasteiger partial charge in [-0.25, -0.2) is 0 Å². The van der Waals surface area contributed by atoms with Gasteiger partial charge in [-0.15, -0.1) is 0 Å². The summed E-state index contributed by atoms with van der Waals surface area (Å²) in [5.41, 5.74) is 0.795. The number of carboxylic acid groups (broad SMARTS) is 1. The van der Waals surface area contributed by atoms with Gasteiger partial charge in [0.05, 0.1) is 5.41 Å². The highest BCUT2D eigenvalue weighted by Gasteiger charge is 2.27. The first-order valence-electron chi connectivity index (χ1n) is 6.47. The van der Waals surface area contributed by atoms with E-state index in [1.807, 2.05) is 12.1 Å². The number of aryl methyl sites for hydroxylation is 1. The molecule has 0 aliphatic carbocycles. The van der Waals surface area contributed by atoms with Gasteiger partial charge in [-0.2, -0.15) is 0 Å². The third-order valence-electron chi connectivity index (χ3n) is 3.02. The fraction of sp³-hybridized carbons (Fsp3) is 0.467. The Bertz CT molecular complexity index is 449. The molecule has 0 aliphatic rings. The zero-order valence-corrected chi connectivity index (χ0v) is 11.7. The Morgan fingerprint density at radius 1 is 1.21 bits per heavy atom. The summed E-state index contributed by atoms with van der Waals surface area (Å²) in [6, 6.07) is 7.41. The SMILES string of the molecule is CCCc1ccc(C(=O)NCC(C)(C)C(=O)O)cc1. The Balaban J connectivity index is 2.61. The van der Waals surface area contributed by atoms with E-state index in [1.54, 1.807) is 26.0 Å². The summed E-state index contributed by atoms with van der Waals surface area (Å²) in [5, 5.41) is 11.6. The first-order valence-corrected chi connectivity index (χ1v) is 6.47. The lowest BCUT2D eigenvalue weighted by atomic mass is 9.94. The second-order valence-electron chi connectivity index (χ2n) is 5.32. The van der Waals surface area contributed by atoms with Crippen molar-refractivity contribution in [2.45, 2.75) is 33.6 Å². The van der Waals surface area contributed by atoms with Crippen LogP contribution in [0, 0.1) is 5.41 Å². The number of aliphatic carboxylic acids is 1. The fourth-order valence-electron chi connectivity index (χ4n) is 1.59. The maximum Gasteiger partial charge on any atom is 0.310 e. The lowest BCUT2D eigenvalue weighted by Crippen LogP contribution is -2.38. The number of amides is 1. The van der Waals surface area contributed by atoms with Gasteiger partial charge in [0.25, 0.3) is 5.91 Å². The molecule has 0 radical (unpaired) electrons. The first kappa shape index (κ1) is 15.2. The number of carboxylic acids is 1. The van der Waals surface area contributed by atoms with Gasteiger partial charge in [-0.1, -0.05) is 25.5 Å². The molecule has 0 atom stereocenters. The van der Waals surface area contributed by atoms with Gasteiger partial charge in [0, 0.05) is 12.1 Å². The molecule has 2 N–H and O–H groups in total. The maximum atomic E-state index is 11.9. The molecular formula is C15H21NO3. The molecule has 0 aliphatic heterocycles. The van der Waals surface area contributed by atoms with Gasteiger partial charge in [0.2, 0.25) is 0 Å². The van der Waals surface area contributed by atoms with Crippen LogP contribution < -0.4 is 5.32 Å².